The van der Waals surface area contributed by atoms with E-state index >= 15 is 0 Å². The third kappa shape index (κ3) is 6.83. The van der Waals surface area contributed by atoms with Crippen molar-refractivity contribution in [2.75, 3.05) is 37.7 Å². The van der Waals surface area contributed by atoms with E-state index in [-0.39, 0.29) is 56.1 Å². The van der Waals surface area contributed by atoms with Gasteiger partial charge >= 0.3 is 6.18 Å². The van der Waals surface area contributed by atoms with E-state index in [1.807, 2.05) is 32.0 Å². The average Bonchev–Trinajstić information content (AvgIpc) is 3.50. The minimum absolute atomic E-state index is 0.0233. The van der Waals surface area contributed by atoms with Gasteiger partial charge in [-0.2, -0.15) is 18.2 Å². The highest BCUT2D eigenvalue weighted by molar-refractivity contribution is 5.81. The van der Waals surface area contributed by atoms with Crippen molar-refractivity contribution in [2.24, 2.45) is 11.7 Å². The minimum atomic E-state index is -4.73. The van der Waals surface area contributed by atoms with Crippen LogP contribution in [0.1, 0.15) is 44.4 Å². The van der Waals surface area contributed by atoms with Crippen LogP contribution in [0.4, 0.5) is 19.0 Å². The van der Waals surface area contributed by atoms with Gasteiger partial charge in [0.2, 0.25) is 17.8 Å². The number of aromatic nitrogens is 4. The highest BCUT2D eigenvalue weighted by Gasteiger charge is 2.46. The number of alkyl halides is 3. The molecule has 1 atom stereocenters. The number of carbonyl (C=O) groups excluding carboxylic acids is 2. The molecule has 1 saturated heterocycles. The summed E-state index contributed by atoms with van der Waals surface area (Å²) in [7, 11) is 0. The highest BCUT2D eigenvalue weighted by atomic mass is 19.4. The zero-order valence-electron chi connectivity index (χ0n) is 24.0. The maximum atomic E-state index is 13.9. The second-order valence-electron chi connectivity index (χ2n) is 11.3. The molecule has 230 valence electrons. The van der Waals surface area contributed by atoms with Gasteiger partial charge in [-0.1, -0.05) is 19.9 Å². The zero-order chi connectivity index (χ0) is 30.8. The van der Waals surface area contributed by atoms with Crippen LogP contribution >= 0.6 is 0 Å². The second-order valence-corrected chi connectivity index (χ2v) is 11.3. The molecule has 43 heavy (non-hydrogen) atoms. The monoisotopic (exact) mass is 601 g/mol. The quantitative estimate of drug-likeness (QED) is 0.395. The lowest BCUT2D eigenvalue weighted by Crippen LogP contribution is -2.65. The molecule has 2 N–H and O–H groups in total. The Morgan fingerprint density at radius 1 is 1.09 bits per heavy atom. The molecule has 0 spiro atoms. The predicted octanol–water partition coefficient (Wildman–Crippen LogP) is 3.39. The van der Waals surface area contributed by atoms with Crippen molar-refractivity contribution in [3.8, 4) is 17.4 Å². The Hall–Kier alpha value is -4.36. The smallest absolute Gasteiger partial charge is 0.433 e. The van der Waals surface area contributed by atoms with Gasteiger partial charge in [-0.25, -0.2) is 9.97 Å². The van der Waals surface area contributed by atoms with E-state index in [0.29, 0.717) is 37.6 Å². The van der Waals surface area contributed by atoms with Crippen molar-refractivity contribution in [3.63, 3.8) is 0 Å². The number of hydrogen-bond acceptors (Lipinski definition) is 8. The summed E-state index contributed by atoms with van der Waals surface area (Å²) in [5.41, 5.74) is 4.44. The van der Waals surface area contributed by atoms with E-state index in [4.69, 9.17) is 15.2 Å². The Morgan fingerprint density at radius 2 is 1.86 bits per heavy atom. The van der Waals surface area contributed by atoms with E-state index < -0.39 is 23.3 Å². The lowest BCUT2D eigenvalue weighted by atomic mass is 9.82. The van der Waals surface area contributed by atoms with Crippen molar-refractivity contribution in [2.45, 2.75) is 51.2 Å². The molecule has 3 aromatic rings. The average molecular weight is 602 g/mol. The number of amides is 2. The van der Waals surface area contributed by atoms with Gasteiger partial charge in [0.25, 0.3) is 0 Å². The molecule has 1 aromatic carbocycles. The van der Waals surface area contributed by atoms with Crippen molar-refractivity contribution in [1.29, 1.82) is 0 Å². The molecular weight excluding hydrogens is 567 g/mol. The number of ether oxygens (including phenoxy) is 2. The molecular formula is C29H34F3N7O4. The van der Waals surface area contributed by atoms with E-state index in [1.54, 1.807) is 9.80 Å². The molecule has 1 fully saturated rings. The van der Waals surface area contributed by atoms with Gasteiger partial charge in [0.1, 0.15) is 25.4 Å². The predicted molar refractivity (Wildman–Crippen MR) is 150 cm³/mol. The fourth-order valence-electron chi connectivity index (χ4n) is 5.64. The van der Waals surface area contributed by atoms with Crippen molar-refractivity contribution >= 4 is 17.6 Å². The number of fused-ring (bicyclic) bond motifs is 1. The van der Waals surface area contributed by atoms with Crippen molar-refractivity contribution in [3.05, 3.63) is 54.2 Å². The minimum Gasteiger partial charge on any atom is -0.486 e. The molecule has 0 aliphatic carbocycles. The molecule has 2 aliphatic rings. The molecule has 0 bridgehead atoms. The summed E-state index contributed by atoms with van der Waals surface area (Å²) in [6.45, 7) is 5.15. The van der Waals surface area contributed by atoms with Crippen LogP contribution in [0.15, 0.2) is 43.0 Å². The maximum absolute atomic E-state index is 13.9. The lowest BCUT2D eigenvalue weighted by Gasteiger charge is -2.51. The molecule has 11 nitrogen and oxygen atoms in total. The first kappa shape index (κ1) is 30.1. The van der Waals surface area contributed by atoms with Gasteiger partial charge in [-0.05, 0) is 36.5 Å². The number of nitrogens with zero attached hydrogens (tertiary/aromatic N) is 6. The Labute approximate surface area is 246 Å². The van der Waals surface area contributed by atoms with Crippen molar-refractivity contribution in [1.82, 2.24) is 24.4 Å². The first-order chi connectivity index (χ1) is 20.4. The van der Waals surface area contributed by atoms with Gasteiger partial charge in [-0.3, -0.25) is 14.2 Å². The number of piperazine rings is 1. The number of primary amides is 1. The lowest BCUT2D eigenvalue weighted by molar-refractivity contribution is -0.142. The Balaban J connectivity index is 1.52. The van der Waals surface area contributed by atoms with Crippen LogP contribution in [0, 0.1) is 5.92 Å². The van der Waals surface area contributed by atoms with Crippen LogP contribution in [-0.2, 0) is 22.2 Å². The molecule has 5 rings (SSSR count). The summed E-state index contributed by atoms with van der Waals surface area (Å²) in [6.07, 6.45) is 0.287. The van der Waals surface area contributed by atoms with E-state index in [9.17, 15) is 22.8 Å². The first-order valence-electron chi connectivity index (χ1n) is 14.1. The molecule has 0 saturated carbocycles. The summed E-state index contributed by atoms with van der Waals surface area (Å²) in [5, 5.41) is 0. The second kappa shape index (κ2) is 12.1. The van der Waals surface area contributed by atoms with E-state index in [1.165, 1.54) is 23.3 Å². The highest BCUT2D eigenvalue weighted by Crippen LogP contribution is 2.37. The van der Waals surface area contributed by atoms with Crippen LogP contribution < -0.4 is 20.1 Å². The molecule has 0 radical (unpaired) electrons. The number of rotatable bonds is 9. The van der Waals surface area contributed by atoms with Crippen LogP contribution in [0.3, 0.4) is 0 Å². The number of anilines is 1. The standard InChI is InChI=1S/C29H34F3N7O4/c1-19(2)13-26(41)39-10-9-37(25-15-23(29(30,31)32)35-27(36-25)38-8-7-34-18-38)17-28(39,16-24(33)40)6-5-20-3-4-21-22(14-20)43-12-11-42-21/h3-4,7-8,14-15,18-19H,5-6,9-13,16-17H2,1-2H3,(H2,33,40). The summed E-state index contributed by atoms with van der Waals surface area (Å²) >= 11 is 0. The summed E-state index contributed by atoms with van der Waals surface area (Å²) in [5.74, 6) is 0.367. The molecule has 1 unspecified atom stereocenters. The Kier molecular flexibility index (Phi) is 8.47. The van der Waals surface area contributed by atoms with E-state index in [2.05, 4.69) is 15.0 Å². The third-order valence-corrected chi connectivity index (χ3v) is 7.57. The first-order valence-corrected chi connectivity index (χ1v) is 14.1. The normalized spacial score (nSPS) is 18.7. The van der Waals surface area contributed by atoms with E-state index in [0.717, 1.165) is 11.6 Å². The topological polar surface area (TPSA) is 129 Å². The molecule has 2 aliphatic heterocycles. The van der Waals surface area contributed by atoms with Gasteiger partial charge in [-0.15, -0.1) is 0 Å². The van der Waals surface area contributed by atoms with Crippen LogP contribution in [-0.4, -0.2) is 74.6 Å². The zero-order valence-corrected chi connectivity index (χ0v) is 24.0. The number of halogens is 3. The number of hydrogen-bond donors (Lipinski definition) is 1. The Bertz CT molecular complexity index is 1460. The third-order valence-electron chi connectivity index (χ3n) is 7.57. The number of carbonyl (C=O) groups is 2. The van der Waals surface area contributed by atoms with Gasteiger partial charge in [0.15, 0.2) is 17.2 Å². The largest absolute Gasteiger partial charge is 0.486 e. The fourth-order valence-corrected chi connectivity index (χ4v) is 5.64. The van der Waals surface area contributed by atoms with Gasteiger partial charge in [0.05, 0.1) is 12.0 Å². The molecule has 4 heterocycles. The summed E-state index contributed by atoms with van der Waals surface area (Å²) in [6, 6.07) is 6.47. The van der Waals surface area contributed by atoms with Crippen LogP contribution in [0.2, 0.25) is 0 Å². The molecule has 2 amide bonds. The summed E-state index contributed by atoms with van der Waals surface area (Å²) < 4.78 is 54.4. The number of benzene rings is 1. The fraction of sp³-hybridized carbons (Fsp3) is 0.483. The van der Waals surface area contributed by atoms with Crippen LogP contribution in [0.25, 0.3) is 5.95 Å². The van der Waals surface area contributed by atoms with Crippen LogP contribution in [0.5, 0.6) is 11.5 Å². The van der Waals surface area contributed by atoms with Gasteiger partial charge in [0, 0.05) is 44.5 Å². The molecule has 14 heteroatoms. The number of imidazole rings is 1. The molecule has 2 aromatic heterocycles. The van der Waals surface area contributed by atoms with Gasteiger partial charge < -0.3 is 25.0 Å². The van der Waals surface area contributed by atoms with Crippen molar-refractivity contribution < 1.29 is 32.2 Å². The maximum Gasteiger partial charge on any atom is 0.433 e. The SMILES string of the molecule is CC(C)CC(=O)N1CCN(c2cc(C(F)(F)F)nc(-n3ccnc3)n2)CC1(CCc1ccc2c(c1)OCCO2)CC(N)=O. The number of nitrogens with two attached hydrogens (primary N) is 1. The number of aryl methyl sites for hydroxylation is 1. The summed E-state index contributed by atoms with van der Waals surface area (Å²) in [4.78, 5) is 41.5. The Morgan fingerprint density at radius 3 is 2.53 bits per heavy atom.